The Bertz CT molecular complexity index is 1340. The maximum absolute atomic E-state index is 13.7. The molecule has 0 heterocycles. The molecule has 4 aromatic rings. The maximum atomic E-state index is 13.7. The molecule has 0 aromatic heterocycles. The third-order valence-corrected chi connectivity index (χ3v) is 5.46. The highest BCUT2D eigenvalue weighted by molar-refractivity contribution is 6.35. The number of fused-ring (bicyclic) bond motifs is 1. The molecule has 0 aliphatic heterocycles. The summed E-state index contributed by atoms with van der Waals surface area (Å²) in [6, 6.07) is 25.0. The average molecular weight is 448 g/mol. The molecule has 0 aliphatic rings. The summed E-state index contributed by atoms with van der Waals surface area (Å²) in [6.07, 6.45) is 1.73. The van der Waals surface area contributed by atoms with Crippen molar-refractivity contribution < 1.29 is 9.13 Å². The lowest BCUT2D eigenvalue weighted by Crippen LogP contribution is -1.99. The second kappa shape index (κ2) is 9.22. The van der Waals surface area contributed by atoms with E-state index in [4.69, 9.17) is 27.9 Å². The molecule has 4 rings (SSSR count). The number of rotatable bonds is 5. The fourth-order valence-corrected chi connectivity index (χ4v) is 3.79. The van der Waals surface area contributed by atoms with Gasteiger partial charge >= 0.3 is 0 Å². The molecule has 0 fully saturated rings. The molecule has 4 aromatic carbocycles. The van der Waals surface area contributed by atoms with Crippen molar-refractivity contribution in [1.82, 2.24) is 0 Å². The molecule has 5 heteroatoms. The molecule has 0 unspecified atom stereocenters. The summed E-state index contributed by atoms with van der Waals surface area (Å²) in [5.41, 5.74) is 2.37. The predicted molar refractivity (Wildman–Crippen MR) is 125 cm³/mol. The van der Waals surface area contributed by atoms with Crippen LogP contribution < -0.4 is 4.74 Å². The third kappa shape index (κ3) is 4.72. The second-order valence-electron chi connectivity index (χ2n) is 6.90. The van der Waals surface area contributed by atoms with Crippen molar-refractivity contribution in [3.63, 3.8) is 0 Å². The fraction of sp³-hybridized carbons (Fsp3) is 0.0385. The molecule has 0 bridgehead atoms. The van der Waals surface area contributed by atoms with E-state index in [0.717, 1.165) is 21.9 Å². The summed E-state index contributed by atoms with van der Waals surface area (Å²) < 4.78 is 19.8. The zero-order valence-electron chi connectivity index (χ0n) is 16.3. The highest BCUT2D eigenvalue weighted by Gasteiger charge is 2.11. The minimum Gasteiger partial charge on any atom is -0.488 e. The van der Waals surface area contributed by atoms with Crippen molar-refractivity contribution in [2.45, 2.75) is 6.61 Å². The Morgan fingerprint density at radius 3 is 2.58 bits per heavy atom. The molecule has 0 N–H and O–H groups in total. The Morgan fingerprint density at radius 2 is 1.81 bits per heavy atom. The Morgan fingerprint density at radius 1 is 0.968 bits per heavy atom. The van der Waals surface area contributed by atoms with E-state index in [1.54, 1.807) is 30.3 Å². The standard InChI is InChI=1S/C26H16Cl2FNO/c27-21-10-8-19(25(28)14-21)16-31-26-11-9-17-4-1-2-7-23(17)24(26)13-20(15-30)18-5-3-6-22(29)12-18/h1-14H,16H2/b20-13-. The molecule has 0 amide bonds. The number of nitrogens with zero attached hydrogens (tertiary/aromatic N) is 1. The molecule has 0 saturated heterocycles. The van der Waals surface area contributed by atoms with Crippen LogP contribution in [0.15, 0.2) is 78.9 Å². The van der Waals surface area contributed by atoms with Crippen molar-refractivity contribution in [2.75, 3.05) is 0 Å². The Kier molecular flexibility index (Phi) is 6.23. The van der Waals surface area contributed by atoms with Crippen LogP contribution in [0.2, 0.25) is 10.0 Å². The molecule has 0 aliphatic carbocycles. The van der Waals surface area contributed by atoms with Crippen LogP contribution in [0.4, 0.5) is 4.39 Å². The number of allylic oxidation sites excluding steroid dienone is 1. The molecule has 0 saturated carbocycles. The van der Waals surface area contributed by atoms with Gasteiger partial charge in [0.05, 0.1) is 11.6 Å². The lowest BCUT2D eigenvalue weighted by molar-refractivity contribution is 0.306. The summed E-state index contributed by atoms with van der Waals surface area (Å²) in [6.45, 7) is 0.233. The van der Waals surface area contributed by atoms with Crippen LogP contribution in [-0.2, 0) is 6.61 Å². The first-order chi connectivity index (χ1) is 15.0. The van der Waals surface area contributed by atoms with Gasteiger partial charge in [0.15, 0.2) is 0 Å². The molecular weight excluding hydrogens is 432 g/mol. The van der Waals surface area contributed by atoms with Gasteiger partial charge in [-0.1, -0.05) is 71.7 Å². The maximum Gasteiger partial charge on any atom is 0.127 e. The van der Waals surface area contributed by atoms with Crippen molar-refractivity contribution in [1.29, 1.82) is 5.26 Å². The van der Waals surface area contributed by atoms with Gasteiger partial charge in [0.2, 0.25) is 0 Å². The van der Waals surface area contributed by atoms with Gasteiger partial charge in [0, 0.05) is 21.2 Å². The summed E-state index contributed by atoms with van der Waals surface area (Å²) in [7, 11) is 0. The zero-order chi connectivity index (χ0) is 21.8. The monoisotopic (exact) mass is 447 g/mol. The van der Waals surface area contributed by atoms with Gasteiger partial charge in [-0.25, -0.2) is 4.39 Å². The van der Waals surface area contributed by atoms with E-state index < -0.39 is 5.82 Å². The minimum absolute atomic E-state index is 0.233. The minimum atomic E-state index is -0.398. The first-order valence-corrected chi connectivity index (χ1v) is 10.3. The Labute approximate surface area is 189 Å². The van der Waals surface area contributed by atoms with Gasteiger partial charge in [0.1, 0.15) is 18.2 Å². The molecule has 0 atom stereocenters. The van der Waals surface area contributed by atoms with Crippen molar-refractivity contribution in [3.05, 3.63) is 111 Å². The summed E-state index contributed by atoms with van der Waals surface area (Å²) >= 11 is 12.3. The number of hydrogen-bond donors (Lipinski definition) is 0. The predicted octanol–water partition coefficient (Wildman–Crippen LogP) is 7.93. The van der Waals surface area contributed by atoms with Crippen LogP contribution in [0, 0.1) is 17.1 Å². The van der Waals surface area contributed by atoms with Gasteiger partial charge in [0.25, 0.3) is 0 Å². The number of halogens is 3. The van der Waals surface area contributed by atoms with Gasteiger partial charge in [-0.15, -0.1) is 0 Å². The zero-order valence-corrected chi connectivity index (χ0v) is 17.8. The van der Waals surface area contributed by atoms with Gasteiger partial charge in [-0.2, -0.15) is 5.26 Å². The van der Waals surface area contributed by atoms with E-state index in [9.17, 15) is 9.65 Å². The quantitative estimate of drug-likeness (QED) is 0.229. The summed E-state index contributed by atoms with van der Waals surface area (Å²) in [5, 5.41) is 12.7. The van der Waals surface area contributed by atoms with Crippen molar-refractivity contribution in [2.24, 2.45) is 0 Å². The highest BCUT2D eigenvalue weighted by atomic mass is 35.5. The lowest BCUT2D eigenvalue weighted by atomic mass is 9.98. The molecule has 152 valence electrons. The molecule has 31 heavy (non-hydrogen) atoms. The molecule has 0 radical (unpaired) electrons. The van der Waals surface area contributed by atoms with Crippen molar-refractivity contribution >= 4 is 45.6 Å². The van der Waals surface area contributed by atoms with Gasteiger partial charge < -0.3 is 4.74 Å². The summed E-state index contributed by atoms with van der Waals surface area (Å²) in [5.74, 6) is 0.194. The largest absolute Gasteiger partial charge is 0.488 e. The van der Waals surface area contributed by atoms with Gasteiger partial charge in [-0.3, -0.25) is 0 Å². The van der Waals surface area contributed by atoms with E-state index in [0.29, 0.717) is 26.9 Å². The van der Waals surface area contributed by atoms with Crippen LogP contribution in [0.5, 0.6) is 5.75 Å². The highest BCUT2D eigenvalue weighted by Crippen LogP contribution is 2.33. The van der Waals surface area contributed by atoms with E-state index in [1.165, 1.54) is 12.1 Å². The first kappa shape index (κ1) is 20.9. The number of ether oxygens (including phenoxy) is 1. The number of hydrogen-bond acceptors (Lipinski definition) is 2. The third-order valence-electron chi connectivity index (χ3n) is 4.87. The first-order valence-electron chi connectivity index (χ1n) is 9.51. The molecule has 2 nitrogen and oxygen atoms in total. The number of nitriles is 1. The lowest BCUT2D eigenvalue weighted by Gasteiger charge is -2.14. The Balaban J connectivity index is 1.79. The summed E-state index contributed by atoms with van der Waals surface area (Å²) in [4.78, 5) is 0. The normalized spacial score (nSPS) is 11.4. The smallest absolute Gasteiger partial charge is 0.127 e. The second-order valence-corrected chi connectivity index (χ2v) is 7.75. The van der Waals surface area contributed by atoms with Crippen molar-refractivity contribution in [3.8, 4) is 11.8 Å². The fourth-order valence-electron chi connectivity index (χ4n) is 3.33. The molecular formula is C26H16Cl2FNO. The van der Waals surface area contributed by atoms with Crippen LogP contribution in [0.25, 0.3) is 22.4 Å². The van der Waals surface area contributed by atoms with E-state index in [2.05, 4.69) is 6.07 Å². The topological polar surface area (TPSA) is 33.0 Å². The van der Waals surface area contributed by atoms with Crippen LogP contribution in [0.1, 0.15) is 16.7 Å². The van der Waals surface area contributed by atoms with E-state index >= 15 is 0 Å². The Hall–Kier alpha value is -3.32. The van der Waals surface area contributed by atoms with Crippen LogP contribution in [-0.4, -0.2) is 0 Å². The number of benzene rings is 4. The SMILES string of the molecule is N#C/C(=C/c1c(OCc2ccc(Cl)cc2Cl)ccc2ccccc12)c1cccc(F)c1. The van der Waals surface area contributed by atoms with Crippen LogP contribution in [0.3, 0.4) is 0 Å². The van der Waals surface area contributed by atoms with Gasteiger partial charge in [-0.05, 0) is 52.7 Å². The van der Waals surface area contributed by atoms with E-state index in [-0.39, 0.29) is 6.61 Å². The molecule has 0 spiro atoms. The van der Waals surface area contributed by atoms with Crippen LogP contribution >= 0.6 is 23.2 Å². The van der Waals surface area contributed by atoms with E-state index in [1.807, 2.05) is 42.5 Å². The average Bonchev–Trinajstić information content (AvgIpc) is 2.77.